The molecule has 1 heterocycles. The molecule has 1 aliphatic rings. The molecule has 86 valence electrons. The van der Waals surface area contributed by atoms with Crippen LogP contribution in [-0.4, -0.2) is 0 Å². The van der Waals surface area contributed by atoms with Crippen LogP contribution in [0.15, 0.2) is 48.5 Å². The molecule has 17 heavy (non-hydrogen) atoms. The van der Waals surface area contributed by atoms with Gasteiger partial charge < -0.3 is 5.32 Å². The van der Waals surface area contributed by atoms with Crippen molar-refractivity contribution in [1.29, 1.82) is 0 Å². The second-order valence-electron chi connectivity index (χ2n) is 4.45. The standard InChI is InChI=1S/C15H14ClN/c16-13-8-6-12-7-9-14(17-15(12)10-13)11-4-2-1-3-5-11/h1-6,8,10,14,17H,7,9H2. The van der Waals surface area contributed by atoms with E-state index in [-0.39, 0.29) is 0 Å². The fourth-order valence-corrected chi connectivity index (χ4v) is 2.57. The van der Waals surface area contributed by atoms with Crippen LogP contribution in [0.2, 0.25) is 5.02 Å². The van der Waals surface area contributed by atoms with Crippen LogP contribution in [0.4, 0.5) is 5.69 Å². The summed E-state index contributed by atoms with van der Waals surface area (Å²) in [6.45, 7) is 0. The molecule has 0 fully saturated rings. The van der Waals surface area contributed by atoms with E-state index in [1.54, 1.807) is 0 Å². The summed E-state index contributed by atoms with van der Waals surface area (Å²) in [6, 6.07) is 17.1. The van der Waals surface area contributed by atoms with Crippen molar-refractivity contribution in [3.8, 4) is 0 Å². The van der Waals surface area contributed by atoms with Gasteiger partial charge in [0.05, 0.1) is 6.04 Å². The Balaban J connectivity index is 1.90. The molecule has 0 aliphatic carbocycles. The van der Waals surface area contributed by atoms with Crippen LogP contribution < -0.4 is 5.32 Å². The lowest BCUT2D eigenvalue weighted by Crippen LogP contribution is -2.17. The van der Waals surface area contributed by atoms with Gasteiger partial charge in [-0.1, -0.05) is 48.0 Å². The van der Waals surface area contributed by atoms with E-state index >= 15 is 0 Å². The summed E-state index contributed by atoms with van der Waals surface area (Å²) in [5.41, 5.74) is 3.89. The van der Waals surface area contributed by atoms with E-state index in [2.05, 4.69) is 41.7 Å². The molecule has 0 radical (unpaired) electrons. The van der Waals surface area contributed by atoms with Crippen LogP contribution in [0.1, 0.15) is 23.6 Å². The molecule has 0 amide bonds. The van der Waals surface area contributed by atoms with Crippen molar-refractivity contribution < 1.29 is 0 Å². The van der Waals surface area contributed by atoms with Crippen LogP contribution in [0.5, 0.6) is 0 Å². The van der Waals surface area contributed by atoms with Crippen molar-refractivity contribution in [3.05, 3.63) is 64.7 Å². The third-order valence-electron chi connectivity index (χ3n) is 3.31. The highest BCUT2D eigenvalue weighted by molar-refractivity contribution is 6.30. The van der Waals surface area contributed by atoms with Crippen molar-refractivity contribution in [2.24, 2.45) is 0 Å². The highest BCUT2D eigenvalue weighted by atomic mass is 35.5. The van der Waals surface area contributed by atoms with Gasteiger partial charge in [-0.3, -0.25) is 0 Å². The number of nitrogens with one attached hydrogen (secondary N) is 1. The van der Waals surface area contributed by atoms with E-state index in [0.717, 1.165) is 17.9 Å². The van der Waals surface area contributed by atoms with Gasteiger partial charge in [-0.25, -0.2) is 0 Å². The molecule has 1 atom stereocenters. The zero-order chi connectivity index (χ0) is 11.7. The molecular weight excluding hydrogens is 230 g/mol. The van der Waals surface area contributed by atoms with Crippen molar-refractivity contribution in [2.45, 2.75) is 18.9 Å². The van der Waals surface area contributed by atoms with Gasteiger partial charge in [0.1, 0.15) is 0 Å². The average molecular weight is 244 g/mol. The predicted molar refractivity (Wildman–Crippen MR) is 72.6 cm³/mol. The largest absolute Gasteiger partial charge is 0.378 e. The minimum absolute atomic E-state index is 0.405. The maximum atomic E-state index is 6.03. The minimum atomic E-state index is 0.405. The fraction of sp³-hybridized carbons (Fsp3) is 0.200. The van der Waals surface area contributed by atoms with Crippen molar-refractivity contribution in [3.63, 3.8) is 0 Å². The molecule has 1 N–H and O–H groups in total. The Bertz CT molecular complexity index is 522. The number of aryl methyl sites for hydroxylation is 1. The zero-order valence-corrected chi connectivity index (χ0v) is 10.2. The number of hydrogen-bond acceptors (Lipinski definition) is 1. The number of halogens is 1. The van der Waals surface area contributed by atoms with Crippen molar-refractivity contribution >= 4 is 17.3 Å². The normalized spacial score (nSPS) is 18.3. The quantitative estimate of drug-likeness (QED) is 0.781. The number of rotatable bonds is 1. The first-order valence-corrected chi connectivity index (χ1v) is 6.30. The topological polar surface area (TPSA) is 12.0 Å². The number of fused-ring (bicyclic) bond motifs is 1. The van der Waals surface area contributed by atoms with Gasteiger partial charge in [0.15, 0.2) is 0 Å². The second kappa shape index (κ2) is 4.42. The van der Waals surface area contributed by atoms with Gasteiger partial charge in [-0.2, -0.15) is 0 Å². The van der Waals surface area contributed by atoms with Crippen LogP contribution in [0, 0.1) is 0 Å². The summed E-state index contributed by atoms with van der Waals surface area (Å²) in [7, 11) is 0. The van der Waals surface area contributed by atoms with E-state index < -0.39 is 0 Å². The Hall–Kier alpha value is -1.47. The molecule has 3 rings (SSSR count). The molecule has 1 unspecified atom stereocenters. The Morgan fingerprint density at radius 2 is 1.88 bits per heavy atom. The molecule has 2 heteroatoms. The summed E-state index contributed by atoms with van der Waals surface area (Å²) >= 11 is 6.03. The molecule has 1 nitrogen and oxygen atoms in total. The third-order valence-corrected chi connectivity index (χ3v) is 3.54. The first-order valence-electron chi connectivity index (χ1n) is 5.93. The smallest absolute Gasteiger partial charge is 0.0517 e. The number of hydrogen-bond donors (Lipinski definition) is 1. The van der Waals surface area contributed by atoms with Crippen LogP contribution in [-0.2, 0) is 6.42 Å². The summed E-state index contributed by atoms with van der Waals surface area (Å²) in [6.07, 6.45) is 2.25. The van der Waals surface area contributed by atoms with E-state index in [9.17, 15) is 0 Å². The lowest BCUT2D eigenvalue weighted by Gasteiger charge is -2.27. The fourth-order valence-electron chi connectivity index (χ4n) is 2.40. The van der Waals surface area contributed by atoms with Crippen LogP contribution >= 0.6 is 11.6 Å². The molecule has 1 aliphatic heterocycles. The SMILES string of the molecule is Clc1ccc2c(c1)NC(c1ccccc1)CC2. The first-order chi connectivity index (χ1) is 8.33. The van der Waals surface area contributed by atoms with Crippen LogP contribution in [0.25, 0.3) is 0 Å². The molecule has 0 aromatic heterocycles. The van der Waals surface area contributed by atoms with Gasteiger partial charge in [0.2, 0.25) is 0 Å². The molecule has 2 aromatic rings. The van der Waals surface area contributed by atoms with Crippen molar-refractivity contribution in [1.82, 2.24) is 0 Å². The minimum Gasteiger partial charge on any atom is -0.378 e. The molecule has 0 bridgehead atoms. The molecule has 0 saturated heterocycles. The number of anilines is 1. The monoisotopic (exact) mass is 243 g/mol. The summed E-state index contributed by atoms with van der Waals surface area (Å²) in [4.78, 5) is 0. The second-order valence-corrected chi connectivity index (χ2v) is 4.88. The van der Waals surface area contributed by atoms with Gasteiger partial charge >= 0.3 is 0 Å². The number of benzene rings is 2. The van der Waals surface area contributed by atoms with Gasteiger partial charge in [-0.05, 0) is 36.1 Å². The van der Waals surface area contributed by atoms with E-state index in [1.807, 2.05) is 12.1 Å². The molecule has 0 spiro atoms. The maximum absolute atomic E-state index is 6.03. The van der Waals surface area contributed by atoms with E-state index in [4.69, 9.17) is 11.6 Å². The highest BCUT2D eigenvalue weighted by Crippen LogP contribution is 2.33. The van der Waals surface area contributed by atoms with E-state index in [1.165, 1.54) is 16.8 Å². The zero-order valence-electron chi connectivity index (χ0n) is 9.49. The van der Waals surface area contributed by atoms with Gasteiger partial charge in [0, 0.05) is 10.7 Å². The predicted octanol–water partition coefficient (Wildman–Crippen LogP) is 4.44. The average Bonchev–Trinajstić information content (AvgIpc) is 2.39. The first kappa shape index (κ1) is 10.7. The summed E-state index contributed by atoms with van der Waals surface area (Å²) in [5, 5.41) is 4.37. The Labute approximate surface area is 106 Å². The highest BCUT2D eigenvalue weighted by Gasteiger charge is 2.18. The molecule has 2 aromatic carbocycles. The van der Waals surface area contributed by atoms with Crippen LogP contribution in [0.3, 0.4) is 0 Å². The molecular formula is C15H14ClN. The Kier molecular flexibility index (Phi) is 2.77. The Morgan fingerprint density at radius 3 is 2.71 bits per heavy atom. The lowest BCUT2D eigenvalue weighted by atomic mass is 9.93. The van der Waals surface area contributed by atoms with Crippen molar-refractivity contribution in [2.75, 3.05) is 5.32 Å². The van der Waals surface area contributed by atoms with Gasteiger partial charge in [-0.15, -0.1) is 0 Å². The summed E-state index contributed by atoms with van der Waals surface area (Å²) < 4.78 is 0. The molecule has 0 saturated carbocycles. The summed E-state index contributed by atoms with van der Waals surface area (Å²) in [5.74, 6) is 0. The lowest BCUT2D eigenvalue weighted by molar-refractivity contribution is 0.668. The van der Waals surface area contributed by atoms with Gasteiger partial charge in [0.25, 0.3) is 0 Å². The maximum Gasteiger partial charge on any atom is 0.0517 e. The van der Waals surface area contributed by atoms with E-state index in [0.29, 0.717) is 6.04 Å². The Morgan fingerprint density at radius 1 is 1.06 bits per heavy atom. The third kappa shape index (κ3) is 2.16.